The summed E-state index contributed by atoms with van der Waals surface area (Å²) in [6.07, 6.45) is 1.06. The highest BCUT2D eigenvalue weighted by Gasteiger charge is 2.26. The highest BCUT2D eigenvalue weighted by Crippen LogP contribution is 2.29. The summed E-state index contributed by atoms with van der Waals surface area (Å²) in [6.45, 7) is 5.09. The number of methoxy groups -OCH3 is 1. The Morgan fingerprint density at radius 1 is 1.14 bits per heavy atom. The van der Waals surface area contributed by atoms with Crippen molar-refractivity contribution in [1.29, 1.82) is 0 Å². The van der Waals surface area contributed by atoms with E-state index in [4.69, 9.17) is 18.6 Å². The van der Waals surface area contributed by atoms with Gasteiger partial charge in [0.05, 0.1) is 32.4 Å². The van der Waals surface area contributed by atoms with E-state index in [2.05, 4.69) is 4.98 Å². The second-order valence-electron chi connectivity index (χ2n) is 8.90. The average Bonchev–Trinajstić information content (AvgIpc) is 3.26. The molecule has 1 amide bonds. The number of oxazole rings is 1. The van der Waals surface area contributed by atoms with Gasteiger partial charge < -0.3 is 28.3 Å². The second kappa shape index (κ2) is 11.9. The molecule has 3 aromatic rings. The van der Waals surface area contributed by atoms with Crippen LogP contribution < -0.4 is 9.47 Å². The molecule has 1 atom stereocenters. The Morgan fingerprint density at radius 3 is 2.69 bits per heavy atom. The van der Waals surface area contributed by atoms with E-state index in [1.165, 1.54) is 0 Å². The summed E-state index contributed by atoms with van der Waals surface area (Å²) in [6, 6.07) is 15.3. The Balaban J connectivity index is 1.33. The molecule has 0 radical (unpaired) electrons. The standard InChI is InChI=1S/C28H32N2O6/c1-19(31)9-10-21-11-12-25(26(15-21)33-3)35-18-23-17-30(13-14-34-23)27(32)16-24-20(2)36-28(29-24)22-7-5-4-6-8-22/h4-8,11-12,15,23H,9-10,13-14,16-18H2,1-3H3. The van der Waals surface area contributed by atoms with Gasteiger partial charge in [0.25, 0.3) is 0 Å². The van der Waals surface area contributed by atoms with Gasteiger partial charge in [-0.15, -0.1) is 0 Å². The van der Waals surface area contributed by atoms with Crippen molar-refractivity contribution in [3.05, 3.63) is 65.5 Å². The number of aromatic nitrogens is 1. The van der Waals surface area contributed by atoms with E-state index in [0.717, 1.165) is 11.1 Å². The molecule has 4 rings (SSSR count). The first kappa shape index (κ1) is 25.4. The number of rotatable bonds is 10. The molecule has 1 fully saturated rings. The summed E-state index contributed by atoms with van der Waals surface area (Å²) in [5.41, 5.74) is 2.54. The van der Waals surface area contributed by atoms with Crippen molar-refractivity contribution in [3.63, 3.8) is 0 Å². The zero-order chi connectivity index (χ0) is 25.5. The van der Waals surface area contributed by atoms with E-state index < -0.39 is 0 Å². The van der Waals surface area contributed by atoms with Crippen LogP contribution in [0.4, 0.5) is 0 Å². The summed E-state index contributed by atoms with van der Waals surface area (Å²) >= 11 is 0. The summed E-state index contributed by atoms with van der Waals surface area (Å²) in [7, 11) is 1.59. The van der Waals surface area contributed by atoms with Gasteiger partial charge in [0.15, 0.2) is 11.5 Å². The number of morpholine rings is 1. The molecule has 0 bridgehead atoms. The number of aryl methyl sites for hydroxylation is 2. The van der Waals surface area contributed by atoms with Gasteiger partial charge in [0, 0.05) is 18.5 Å². The van der Waals surface area contributed by atoms with Gasteiger partial charge in [-0.2, -0.15) is 0 Å². The molecule has 8 heteroatoms. The number of hydrogen-bond acceptors (Lipinski definition) is 7. The normalized spacial score (nSPS) is 15.5. The molecule has 36 heavy (non-hydrogen) atoms. The first-order chi connectivity index (χ1) is 17.4. The predicted octanol–water partition coefficient (Wildman–Crippen LogP) is 4.03. The van der Waals surface area contributed by atoms with Crippen LogP contribution in [0.5, 0.6) is 11.5 Å². The van der Waals surface area contributed by atoms with Gasteiger partial charge in [-0.3, -0.25) is 4.79 Å². The number of nitrogens with zero attached hydrogens (tertiary/aromatic N) is 2. The van der Waals surface area contributed by atoms with Crippen molar-refractivity contribution in [2.24, 2.45) is 0 Å². The van der Waals surface area contributed by atoms with Gasteiger partial charge >= 0.3 is 0 Å². The quantitative estimate of drug-likeness (QED) is 0.422. The molecule has 190 valence electrons. The number of amides is 1. The minimum atomic E-state index is -0.261. The lowest BCUT2D eigenvalue weighted by atomic mass is 10.1. The van der Waals surface area contributed by atoms with Crippen molar-refractivity contribution < 1.29 is 28.2 Å². The summed E-state index contributed by atoms with van der Waals surface area (Å²) in [4.78, 5) is 30.6. The van der Waals surface area contributed by atoms with Crippen LogP contribution in [0.3, 0.4) is 0 Å². The van der Waals surface area contributed by atoms with E-state index in [9.17, 15) is 9.59 Å². The molecular weight excluding hydrogens is 460 g/mol. The zero-order valence-corrected chi connectivity index (χ0v) is 21.0. The molecule has 0 saturated carbocycles. The molecular formula is C28H32N2O6. The number of benzene rings is 2. The SMILES string of the molecule is COc1cc(CCC(C)=O)ccc1OCC1CN(C(=O)Cc2nc(-c3ccccc3)oc2C)CCO1. The topological polar surface area (TPSA) is 91.1 Å². The van der Waals surface area contributed by atoms with Gasteiger partial charge in [-0.05, 0) is 50.1 Å². The molecule has 0 N–H and O–H groups in total. The van der Waals surface area contributed by atoms with Crippen LogP contribution in [0.2, 0.25) is 0 Å². The van der Waals surface area contributed by atoms with Crippen molar-refractivity contribution in [3.8, 4) is 23.0 Å². The van der Waals surface area contributed by atoms with E-state index >= 15 is 0 Å². The number of Topliss-reactive ketones (excluding diaryl/α,β-unsaturated/α-hetero) is 1. The summed E-state index contributed by atoms with van der Waals surface area (Å²) < 4.78 is 23.1. The fourth-order valence-corrected chi connectivity index (χ4v) is 4.09. The van der Waals surface area contributed by atoms with Crippen molar-refractivity contribution in [1.82, 2.24) is 9.88 Å². The lowest BCUT2D eigenvalue weighted by Crippen LogP contribution is -2.48. The number of carbonyl (C=O) groups excluding carboxylic acids is 2. The van der Waals surface area contributed by atoms with Crippen molar-refractivity contribution in [2.45, 2.75) is 39.2 Å². The third-order valence-electron chi connectivity index (χ3n) is 6.14. The Morgan fingerprint density at radius 2 is 1.94 bits per heavy atom. The van der Waals surface area contributed by atoms with E-state index in [0.29, 0.717) is 61.4 Å². The lowest BCUT2D eigenvalue weighted by Gasteiger charge is -2.33. The Kier molecular flexibility index (Phi) is 8.38. The Bertz CT molecular complexity index is 1190. The van der Waals surface area contributed by atoms with Crippen molar-refractivity contribution in [2.75, 3.05) is 33.4 Å². The van der Waals surface area contributed by atoms with Crippen LogP contribution in [0, 0.1) is 6.92 Å². The van der Waals surface area contributed by atoms with Crippen LogP contribution in [-0.4, -0.2) is 61.1 Å². The molecule has 2 aromatic carbocycles. The van der Waals surface area contributed by atoms with Crippen LogP contribution in [0.1, 0.15) is 30.4 Å². The highest BCUT2D eigenvalue weighted by molar-refractivity contribution is 5.79. The maximum Gasteiger partial charge on any atom is 0.228 e. The Labute approximate surface area is 211 Å². The smallest absolute Gasteiger partial charge is 0.228 e. The fraction of sp³-hybridized carbons (Fsp3) is 0.393. The number of carbonyl (C=O) groups is 2. The van der Waals surface area contributed by atoms with Crippen molar-refractivity contribution >= 4 is 11.7 Å². The first-order valence-electron chi connectivity index (χ1n) is 12.1. The van der Waals surface area contributed by atoms with Gasteiger partial charge in [0.2, 0.25) is 11.8 Å². The van der Waals surface area contributed by atoms with E-state index in [-0.39, 0.29) is 30.8 Å². The molecule has 1 aromatic heterocycles. The number of ketones is 1. The van der Waals surface area contributed by atoms with Crippen LogP contribution in [0.15, 0.2) is 52.9 Å². The van der Waals surface area contributed by atoms with Crippen LogP contribution >= 0.6 is 0 Å². The molecule has 8 nitrogen and oxygen atoms in total. The highest BCUT2D eigenvalue weighted by atomic mass is 16.5. The minimum Gasteiger partial charge on any atom is -0.493 e. The van der Waals surface area contributed by atoms with Gasteiger partial charge in [-0.25, -0.2) is 4.98 Å². The summed E-state index contributed by atoms with van der Waals surface area (Å²) in [5.74, 6) is 2.50. The van der Waals surface area contributed by atoms with E-state index in [1.54, 1.807) is 18.9 Å². The molecule has 2 heterocycles. The first-order valence-corrected chi connectivity index (χ1v) is 12.1. The fourth-order valence-electron chi connectivity index (χ4n) is 4.09. The van der Waals surface area contributed by atoms with Crippen LogP contribution in [-0.2, 0) is 27.2 Å². The predicted molar refractivity (Wildman–Crippen MR) is 134 cm³/mol. The van der Waals surface area contributed by atoms with Gasteiger partial charge in [0.1, 0.15) is 24.3 Å². The lowest BCUT2D eigenvalue weighted by molar-refractivity contribution is -0.139. The maximum atomic E-state index is 13.0. The minimum absolute atomic E-state index is 0.0216. The average molecular weight is 493 g/mol. The zero-order valence-electron chi connectivity index (χ0n) is 21.0. The number of ether oxygens (including phenoxy) is 3. The molecule has 1 saturated heterocycles. The second-order valence-corrected chi connectivity index (χ2v) is 8.90. The molecule has 1 unspecified atom stereocenters. The largest absolute Gasteiger partial charge is 0.493 e. The molecule has 0 spiro atoms. The third-order valence-corrected chi connectivity index (χ3v) is 6.14. The van der Waals surface area contributed by atoms with E-state index in [1.807, 2.05) is 55.5 Å². The molecule has 1 aliphatic heterocycles. The maximum absolute atomic E-state index is 13.0. The molecule has 1 aliphatic rings. The Hall–Kier alpha value is -3.65. The van der Waals surface area contributed by atoms with Gasteiger partial charge in [-0.1, -0.05) is 24.3 Å². The summed E-state index contributed by atoms with van der Waals surface area (Å²) in [5, 5.41) is 0. The van der Waals surface area contributed by atoms with Crippen LogP contribution in [0.25, 0.3) is 11.5 Å². The third kappa shape index (κ3) is 6.51. The number of hydrogen-bond donors (Lipinski definition) is 0. The monoisotopic (exact) mass is 492 g/mol. The molecule has 0 aliphatic carbocycles.